The number of fused-ring (bicyclic) bond motifs is 1. The van der Waals surface area contributed by atoms with Crippen LogP contribution in [0.3, 0.4) is 0 Å². The lowest BCUT2D eigenvalue weighted by atomic mass is 10.1. The van der Waals surface area contributed by atoms with Crippen LogP contribution in [0.2, 0.25) is 0 Å². The molecule has 1 aliphatic rings. The van der Waals surface area contributed by atoms with E-state index in [1.54, 1.807) is 36.7 Å². The van der Waals surface area contributed by atoms with Gasteiger partial charge in [-0.3, -0.25) is 4.79 Å². The van der Waals surface area contributed by atoms with Crippen LogP contribution in [0.1, 0.15) is 35.3 Å². The van der Waals surface area contributed by atoms with Gasteiger partial charge >= 0.3 is 0 Å². The Kier molecular flexibility index (Phi) is 5.89. The summed E-state index contributed by atoms with van der Waals surface area (Å²) >= 11 is 0. The summed E-state index contributed by atoms with van der Waals surface area (Å²) in [6, 6.07) is 8.97. The topological polar surface area (TPSA) is 115 Å². The average Bonchev–Trinajstić information content (AvgIpc) is 3.26. The molecule has 0 saturated heterocycles. The van der Waals surface area contributed by atoms with Crippen LogP contribution in [0.4, 0.5) is 16.2 Å². The second-order valence-corrected chi connectivity index (χ2v) is 8.18. The van der Waals surface area contributed by atoms with Crippen LogP contribution in [-0.2, 0) is 13.0 Å². The number of nitrogens with one attached hydrogen (secondary N) is 2. The van der Waals surface area contributed by atoms with Crippen molar-refractivity contribution < 1.29 is 13.9 Å². The number of hydrogen-bond acceptors (Lipinski definition) is 7. The number of anilines is 2. The SMILES string of the molecule is CC(C)(F)CNC(=O)c1cccc(CNc2ncc(-c3ccnc(N)n3)c3c2CCO3)c1. The minimum atomic E-state index is -1.47. The minimum Gasteiger partial charge on any atom is -0.492 e. The molecule has 0 bridgehead atoms. The van der Waals surface area contributed by atoms with Gasteiger partial charge in [0.15, 0.2) is 0 Å². The first-order valence-corrected chi connectivity index (χ1v) is 10.3. The molecule has 4 N–H and O–H groups in total. The predicted octanol–water partition coefficient (Wildman–Crippen LogP) is 3.15. The van der Waals surface area contributed by atoms with E-state index in [0.29, 0.717) is 24.4 Å². The molecule has 1 amide bonds. The van der Waals surface area contributed by atoms with E-state index >= 15 is 0 Å². The van der Waals surface area contributed by atoms with E-state index < -0.39 is 5.67 Å². The number of halogens is 1. The van der Waals surface area contributed by atoms with Crippen molar-refractivity contribution in [2.45, 2.75) is 32.5 Å². The van der Waals surface area contributed by atoms with E-state index in [9.17, 15) is 9.18 Å². The highest BCUT2D eigenvalue weighted by Crippen LogP contribution is 2.39. The van der Waals surface area contributed by atoms with Crippen molar-refractivity contribution in [3.05, 3.63) is 59.4 Å². The molecule has 9 heteroatoms. The van der Waals surface area contributed by atoms with Crippen molar-refractivity contribution in [1.82, 2.24) is 20.3 Å². The Balaban J connectivity index is 1.49. The number of amides is 1. The van der Waals surface area contributed by atoms with Gasteiger partial charge in [0.25, 0.3) is 5.91 Å². The van der Waals surface area contributed by atoms with E-state index in [2.05, 4.69) is 25.6 Å². The van der Waals surface area contributed by atoms with E-state index in [1.165, 1.54) is 13.8 Å². The molecule has 0 aliphatic carbocycles. The molecule has 0 unspecified atom stereocenters. The summed E-state index contributed by atoms with van der Waals surface area (Å²) in [4.78, 5) is 25.1. The summed E-state index contributed by atoms with van der Waals surface area (Å²) in [5, 5.41) is 5.95. The molecule has 166 valence electrons. The van der Waals surface area contributed by atoms with Crippen molar-refractivity contribution in [2.24, 2.45) is 0 Å². The highest BCUT2D eigenvalue weighted by atomic mass is 19.1. The third-order valence-corrected chi connectivity index (χ3v) is 4.99. The Bertz CT molecular complexity index is 1150. The first-order chi connectivity index (χ1) is 15.3. The molecule has 3 aromatic rings. The van der Waals surface area contributed by atoms with Crippen LogP contribution >= 0.6 is 0 Å². The van der Waals surface area contributed by atoms with E-state index in [4.69, 9.17) is 10.5 Å². The normalized spacial score (nSPS) is 12.7. The lowest BCUT2D eigenvalue weighted by Gasteiger charge is -2.15. The molecule has 0 spiro atoms. The Hall–Kier alpha value is -3.75. The van der Waals surface area contributed by atoms with E-state index in [0.717, 1.165) is 34.7 Å². The van der Waals surface area contributed by atoms with Crippen LogP contribution in [-0.4, -0.2) is 39.7 Å². The number of alkyl halides is 1. The Morgan fingerprint density at radius 1 is 1.28 bits per heavy atom. The molecule has 4 rings (SSSR count). The van der Waals surface area contributed by atoms with Gasteiger partial charge in [0, 0.05) is 36.5 Å². The summed E-state index contributed by atoms with van der Waals surface area (Å²) in [7, 11) is 0. The smallest absolute Gasteiger partial charge is 0.251 e. The molecular weight excluding hydrogens is 411 g/mol. The van der Waals surface area contributed by atoms with Gasteiger partial charge in [-0.25, -0.2) is 19.3 Å². The summed E-state index contributed by atoms with van der Waals surface area (Å²) in [6.45, 7) is 3.83. The number of carbonyl (C=O) groups is 1. The maximum Gasteiger partial charge on any atom is 0.251 e. The highest BCUT2D eigenvalue weighted by Gasteiger charge is 2.23. The van der Waals surface area contributed by atoms with Gasteiger partial charge in [-0.2, -0.15) is 0 Å². The van der Waals surface area contributed by atoms with Crippen LogP contribution < -0.4 is 21.1 Å². The lowest BCUT2D eigenvalue weighted by molar-refractivity contribution is 0.0920. The number of nitrogen functional groups attached to an aromatic ring is 1. The van der Waals surface area contributed by atoms with Gasteiger partial charge in [0.2, 0.25) is 5.95 Å². The van der Waals surface area contributed by atoms with Gasteiger partial charge < -0.3 is 21.1 Å². The molecule has 1 aromatic carbocycles. The van der Waals surface area contributed by atoms with Gasteiger partial charge in [0.1, 0.15) is 17.2 Å². The molecule has 8 nitrogen and oxygen atoms in total. The highest BCUT2D eigenvalue weighted by molar-refractivity contribution is 5.94. The predicted molar refractivity (Wildman–Crippen MR) is 120 cm³/mol. The Labute approximate surface area is 185 Å². The second kappa shape index (κ2) is 8.78. The molecule has 1 aliphatic heterocycles. The summed E-state index contributed by atoms with van der Waals surface area (Å²) in [6.07, 6.45) is 4.03. The van der Waals surface area contributed by atoms with Crippen molar-refractivity contribution in [2.75, 3.05) is 24.2 Å². The monoisotopic (exact) mass is 436 g/mol. The molecule has 3 heterocycles. The zero-order chi connectivity index (χ0) is 22.7. The number of benzene rings is 1. The van der Waals surface area contributed by atoms with Crippen molar-refractivity contribution in [3.63, 3.8) is 0 Å². The zero-order valence-electron chi connectivity index (χ0n) is 18.0. The van der Waals surface area contributed by atoms with Gasteiger partial charge in [-0.05, 0) is 37.6 Å². The third-order valence-electron chi connectivity index (χ3n) is 4.99. The van der Waals surface area contributed by atoms with Crippen LogP contribution in [0.5, 0.6) is 5.75 Å². The van der Waals surface area contributed by atoms with E-state index in [-0.39, 0.29) is 18.4 Å². The fourth-order valence-electron chi connectivity index (χ4n) is 3.45. The van der Waals surface area contributed by atoms with E-state index in [1.807, 2.05) is 6.07 Å². The molecule has 2 aromatic heterocycles. The number of ether oxygens (including phenoxy) is 1. The second-order valence-electron chi connectivity index (χ2n) is 8.18. The summed E-state index contributed by atoms with van der Waals surface area (Å²) in [5.74, 6) is 1.34. The lowest BCUT2D eigenvalue weighted by Crippen LogP contribution is -2.35. The Morgan fingerprint density at radius 3 is 2.91 bits per heavy atom. The standard InChI is InChI=1S/C23H25FN6O2/c1-23(2,24)13-29-21(31)15-5-3-4-14(10-15)11-27-20-16-7-9-32-19(16)17(12-28-20)18-6-8-26-22(25)30-18/h3-6,8,10,12H,7,9,11,13H2,1-2H3,(H,27,28)(H,29,31)(H2,25,26,30). The van der Waals surface area contributed by atoms with Crippen molar-refractivity contribution >= 4 is 17.7 Å². The molecule has 0 saturated carbocycles. The summed E-state index contributed by atoms with van der Waals surface area (Å²) in [5.41, 5.74) is 8.03. The van der Waals surface area contributed by atoms with Crippen LogP contribution in [0.25, 0.3) is 11.3 Å². The fourth-order valence-corrected chi connectivity index (χ4v) is 3.45. The first-order valence-electron chi connectivity index (χ1n) is 10.3. The first kappa shape index (κ1) is 21.5. The minimum absolute atomic E-state index is 0.0469. The van der Waals surface area contributed by atoms with Crippen molar-refractivity contribution in [3.8, 4) is 17.0 Å². The third kappa shape index (κ3) is 4.93. The number of nitrogens with zero attached hydrogens (tertiary/aromatic N) is 3. The van der Waals surface area contributed by atoms with Gasteiger partial charge in [-0.1, -0.05) is 12.1 Å². The maximum atomic E-state index is 13.7. The quantitative estimate of drug-likeness (QED) is 0.521. The molecular formula is C23H25FN6O2. The number of pyridine rings is 1. The molecule has 0 atom stereocenters. The molecule has 0 radical (unpaired) electrons. The number of nitrogens with two attached hydrogens (primary N) is 1. The van der Waals surface area contributed by atoms with Crippen LogP contribution in [0, 0.1) is 0 Å². The largest absolute Gasteiger partial charge is 0.492 e. The number of rotatable bonds is 7. The average molecular weight is 436 g/mol. The fraction of sp³-hybridized carbons (Fsp3) is 0.304. The molecule has 32 heavy (non-hydrogen) atoms. The maximum absolute atomic E-state index is 13.7. The number of aromatic nitrogens is 3. The molecule has 0 fully saturated rings. The van der Waals surface area contributed by atoms with Gasteiger partial charge in [0.05, 0.1) is 24.4 Å². The number of carbonyl (C=O) groups excluding carboxylic acids is 1. The van der Waals surface area contributed by atoms with Gasteiger partial charge in [-0.15, -0.1) is 0 Å². The van der Waals surface area contributed by atoms with Crippen molar-refractivity contribution in [1.29, 1.82) is 0 Å². The Morgan fingerprint density at radius 2 is 2.12 bits per heavy atom. The van der Waals surface area contributed by atoms with Crippen LogP contribution in [0.15, 0.2) is 42.7 Å². The zero-order valence-corrected chi connectivity index (χ0v) is 18.0. The summed E-state index contributed by atoms with van der Waals surface area (Å²) < 4.78 is 19.5. The number of hydrogen-bond donors (Lipinski definition) is 3.